The number of methoxy groups -OCH3 is 2. The minimum Gasteiger partial charge on any atom is -0.493 e. The number of carbonyl (C=O) groups is 1. The van der Waals surface area contributed by atoms with Gasteiger partial charge in [-0.2, -0.15) is 0 Å². The van der Waals surface area contributed by atoms with Gasteiger partial charge in [-0.3, -0.25) is 4.79 Å². The maximum absolute atomic E-state index is 11.2. The van der Waals surface area contributed by atoms with E-state index in [0.29, 0.717) is 17.1 Å². The minimum atomic E-state index is 0.583. The summed E-state index contributed by atoms with van der Waals surface area (Å²) in [6.45, 7) is 0. The highest BCUT2D eigenvalue weighted by molar-refractivity contribution is 5.84. The molecule has 3 nitrogen and oxygen atoms in total. The van der Waals surface area contributed by atoms with Crippen LogP contribution >= 0.6 is 0 Å². The van der Waals surface area contributed by atoms with E-state index in [1.807, 2.05) is 6.07 Å². The van der Waals surface area contributed by atoms with Gasteiger partial charge in [-0.1, -0.05) is 18.2 Å². The lowest BCUT2D eigenvalue weighted by molar-refractivity contribution is 0.112. The Morgan fingerprint density at radius 2 is 1.73 bits per heavy atom. The van der Waals surface area contributed by atoms with Crippen LogP contribution in [-0.2, 0) is 12.8 Å². The smallest absolute Gasteiger partial charge is 0.168 e. The summed E-state index contributed by atoms with van der Waals surface area (Å²) in [4.78, 5) is 11.2. The SMILES string of the molecule is COc1cc(C=O)cc(-c2ccc3c(c2)CCCC3)c1OC. The molecular formula is C19H20O3. The molecule has 2 aromatic rings. The van der Waals surface area contributed by atoms with Crippen LogP contribution in [0.4, 0.5) is 0 Å². The number of fused-ring (bicyclic) bond motifs is 1. The van der Waals surface area contributed by atoms with Crippen molar-refractivity contribution in [3.8, 4) is 22.6 Å². The summed E-state index contributed by atoms with van der Waals surface area (Å²) in [7, 11) is 3.21. The van der Waals surface area contributed by atoms with Crippen LogP contribution < -0.4 is 9.47 Å². The molecule has 0 fully saturated rings. The summed E-state index contributed by atoms with van der Waals surface area (Å²) in [6.07, 6.45) is 5.62. The van der Waals surface area contributed by atoms with Crippen LogP contribution in [0, 0.1) is 0 Å². The van der Waals surface area contributed by atoms with E-state index in [0.717, 1.165) is 30.3 Å². The highest BCUT2D eigenvalue weighted by Gasteiger charge is 2.16. The number of aryl methyl sites for hydroxylation is 2. The Bertz CT molecular complexity index is 704. The summed E-state index contributed by atoms with van der Waals surface area (Å²) in [5, 5.41) is 0. The van der Waals surface area contributed by atoms with E-state index in [-0.39, 0.29) is 0 Å². The van der Waals surface area contributed by atoms with Gasteiger partial charge in [0.2, 0.25) is 0 Å². The zero-order chi connectivity index (χ0) is 15.5. The van der Waals surface area contributed by atoms with Gasteiger partial charge in [0.1, 0.15) is 6.29 Å². The van der Waals surface area contributed by atoms with Gasteiger partial charge in [0.25, 0.3) is 0 Å². The highest BCUT2D eigenvalue weighted by Crippen LogP contribution is 2.40. The maximum Gasteiger partial charge on any atom is 0.168 e. The number of hydrogen-bond acceptors (Lipinski definition) is 3. The molecule has 0 aromatic heterocycles. The standard InChI is InChI=1S/C19H20O3/c1-21-18-10-13(12-20)9-17(19(18)22-2)16-8-7-14-5-3-4-6-15(14)11-16/h7-12H,3-6H2,1-2H3. The molecule has 0 unspecified atom stereocenters. The Hall–Kier alpha value is -2.29. The maximum atomic E-state index is 11.2. The molecule has 0 amide bonds. The molecule has 0 N–H and O–H groups in total. The first kappa shape index (κ1) is 14.6. The molecule has 0 radical (unpaired) electrons. The lowest BCUT2D eigenvalue weighted by Gasteiger charge is -2.18. The third kappa shape index (κ3) is 2.59. The Morgan fingerprint density at radius 3 is 2.41 bits per heavy atom. The average molecular weight is 296 g/mol. The van der Waals surface area contributed by atoms with Crippen molar-refractivity contribution in [3.63, 3.8) is 0 Å². The fourth-order valence-electron chi connectivity index (χ4n) is 3.17. The molecular weight excluding hydrogens is 276 g/mol. The van der Waals surface area contributed by atoms with Crippen molar-refractivity contribution in [2.24, 2.45) is 0 Å². The molecule has 0 saturated carbocycles. The first-order valence-corrected chi connectivity index (χ1v) is 7.60. The first-order chi connectivity index (χ1) is 10.8. The molecule has 1 aliphatic carbocycles. The van der Waals surface area contributed by atoms with Gasteiger partial charge < -0.3 is 9.47 Å². The van der Waals surface area contributed by atoms with Crippen molar-refractivity contribution in [1.82, 2.24) is 0 Å². The van der Waals surface area contributed by atoms with Crippen molar-refractivity contribution >= 4 is 6.29 Å². The zero-order valence-electron chi connectivity index (χ0n) is 13.0. The molecule has 0 heterocycles. The Kier molecular flexibility index (Phi) is 4.14. The summed E-state index contributed by atoms with van der Waals surface area (Å²) >= 11 is 0. The first-order valence-electron chi connectivity index (χ1n) is 7.60. The molecule has 22 heavy (non-hydrogen) atoms. The van der Waals surface area contributed by atoms with E-state index in [2.05, 4.69) is 18.2 Å². The predicted molar refractivity (Wildman–Crippen MR) is 87.0 cm³/mol. The van der Waals surface area contributed by atoms with Crippen LogP contribution in [0.3, 0.4) is 0 Å². The number of carbonyl (C=O) groups excluding carboxylic acids is 1. The topological polar surface area (TPSA) is 35.5 Å². The van der Waals surface area contributed by atoms with Crippen molar-refractivity contribution in [3.05, 3.63) is 47.0 Å². The average Bonchev–Trinajstić information content (AvgIpc) is 2.59. The van der Waals surface area contributed by atoms with Crippen LogP contribution in [0.2, 0.25) is 0 Å². The van der Waals surface area contributed by atoms with Crippen LogP contribution in [0.5, 0.6) is 11.5 Å². The minimum absolute atomic E-state index is 0.583. The largest absolute Gasteiger partial charge is 0.493 e. The van der Waals surface area contributed by atoms with Crippen LogP contribution in [-0.4, -0.2) is 20.5 Å². The predicted octanol–water partition coefficient (Wildman–Crippen LogP) is 4.06. The number of benzene rings is 2. The van der Waals surface area contributed by atoms with Crippen LogP contribution in [0.15, 0.2) is 30.3 Å². The van der Waals surface area contributed by atoms with Gasteiger partial charge in [0.15, 0.2) is 11.5 Å². The molecule has 3 rings (SSSR count). The Balaban J connectivity index is 2.16. The lowest BCUT2D eigenvalue weighted by atomic mass is 9.88. The van der Waals surface area contributed by atoms with Crippen LogP contribution in [0.1, 0.15) is 34.3 Å². The normalized spacial score (nSPS) is 13.4. The van der Waals surface area contributed by atoms with Crippen molar-refractivity contribution < 1.29 is 14.3 Å². The van der Waals surface area contributed by atoms with E-state index in [4.69, 9.17) is 9.47 Å². The lowest BCUT2D eigenvalue weighted by Crippen LogP contribution is -2.03. The molecule has 0 saturated heterocycles. The van der Waals surface area contributed by atoms with E-state index < -0.39 is 0 Å². The highest BCUT2D eigenvalue weighted by atomic mass is 16.5. The second kappa shape index (κ2) is 6.22. The number of aldehydes is 1. The molecule has 0 bridgehead atoms. The van der Waals surface area contributed by atoms with E-state index in [9.17, 15) is 4.79 Å². The number of hydrogen-bond donors (Lipinski definition) is 0. The Morgan fingerprint density at radius 1 is 0.955 bits per heavy atom. The summed E-state index contributed by atoms with van der Waals surface area (Å²) < 4.78 is 10.9. The molecule has 1 aliphatic rings. The van der Waals surface area contributed by atoms with Crippen LogP contribution in [0.25, 0.3) is 11.1 Å². The van der Waals surface area contributed by atoms with E-state index in [1.54, 1.807) is 20.3 Å². The van der Waals surface area contributed by atoms with Crippen molar-refractivity contribution in [1.29, 1.82) is 0 Å². The molecule has 0 spiro atoms. The summed E-state index contributed by atoms with van der Waals surface area (Å²) in [6, 6.07) is 10.1. The summed E-state index contributed by atoms with van der Waals surface area (Å²) in [5.41, 5.74) is 5.40. The molecule has 0 aliphatic heterocycles. The third-order valence-corrected chi connectivity index (χ3v) is 4.30. The second-order valence-electron chi connectivity index (χ2n) is 5.61. The fourth-order valence-corrected chi connectivity index (χ4v) is 3.17. The second-order valence-corrected chi connectivity index (χ2v) is 5.61. The van der Waals surface area contributed by atoms with Crippen molar-refractivity contribution in [2.75, 3.05) is 14.2 Å². The summed E-state index contributed by atoms with van der Waals surface area (Å²) in [5.74, 6) is 1.25. The van der Waals surface area contributed by atoms with Gasteiger partial charge >= 0.3 is 0 Å². The number of rotatable bonds is 4. The van der Waals surface area contributed by atoms with Gasteiger partial charge in [-0.05, 0) is 54.5 Å². The third-order valence-electron chi connectivity index (χ3n) is 4.30. The molecule has 3 heteroatoms. The van der Waals surface area contributed by atoms with Gasteiger partial charge in [0.05, 0.1) is 14.2 Å². The van der Waals surface area contributed by atoms with Crippen molar-refractivity contribution in [2.45, 2.75) is 25.7 Å². The molecule has 0 atom stereocenters. The van der Waals surface area contributed by atoms with E-state index in [1.165, 1.54) is 24.0 Å². The zero-order valence-corrected chi connectivity index (χ0v) is 13.0. The Labute approximate surface area is 130 Å². The quantitative estimate of drug-likeness (QED) is 0.798. The number of ether oxygens (including phenoxy) is 2. The van der Waals surface area contributed by atoms with Gasteiger partial charge in [-0.25, -0.2) is 0 Å². The monoisotopic (exact) mass is 296 g/mol. The van der Waals surface area contributed by atoms with E-state index >= 15 is 0 Å². The van der Waals surface area contributed by atoms with Gasteiger partial charge in [0, 0.05) is 11.1 Å². The van der Waals surface area contributed by atoms with Gasteiger partial charge in [-0.15, -0.1) is 0 Å². The fraction of sp³-hybridized carbons (Fsp3) is 0.316. The molecule has 2 aromatic carbocycles. The molecule has 114 valence electrons.